The molecule has 0 saturated carbocycles. The molecular weight excluding hydrogens is 188 g/mol. The van der Waals surface area contributed by atoms with Crippen LogP contribution in [0.3, 0.4) is 0 Å². The van der Waals surface area contributed by atoms with Crippen molar-refractivity contribution in [3.05, 3.63) is 0 Å². The monoisotopic (exact) mass is 208 g/mol. The molecule has 0 atom stereocenters. The zero-order valence-electron chi connectivity index (χ0n) is 7.93. The number of hydrogen-bond donors (Lipinski definition) is 0. The highest BCUT2D eigenvalue weighted by molar-refractivity contribution is 6.57. The van der Waals surface area contributed by atoms with E-state index in [0.29, 0.717) is 0 Å². The minimum Gasteiger partial charge on any atom is -0.449 e. The van der Waals surface area contributed by atoms with Crippen LogP contribution in [0.4, 0.5) is 0 Å². The van der Waals surface area contributed by atoms with Gasteiger partial charge in [-0.2, -0.15) is 0 Å². The molecule has 0 aliphatic heterocycles. The van der Waals surface area contributed by atoms with Crippen LogP contribution in [-0.2, 0) is 8.23 Å². The Morgan fingerprint density at radius 1 is 1.27 bits per heavy atom. The van der Waals surface area contributed by atoms with Crippen molar-refractivity contribution in [3.63, 3.8) is 0 Å². The Bertz CT molecular complexity index is 76.2. The van der Waals surface area contributed by atoms with E-state index in [1.807, 2.05) is 0 Å². The van der Waals surface area contributed by atoms with Crippen molar-refractivity contribution in [1.82, 2.24) is 0 Å². The van der Waals surface area contributed by atoms with Gasteiger partial charge < -0.3 is 8.23 Å². The maximum Gasteiger partial charge on any atom is 0.283 e. The highest BCUT2D eigenvalue weighted by Gasteiger charge is 2.07. The van der Waals surface area contributed by atoms with Gasteiger partial charge in [-0.1, -0.05) is 26.7 Å². The van der Waals surface area contributed by atoms with Gasteiger partial charge in [0.15, 0.2) is 9.04 Å². The first-order chi connectivity index (χ1) is 5.35. The first-order valence-corrected chi connectivity index (χ1v) is 8.53. The highest BCUT2D eigenvalue weighted by Crippen LogP contribution is 2.06. The molecule has 0 unspecified atom stereocenters. The third kappa shape index (κ3) is 6.95. The smallest absolute Gasteiger partial charge is 0.283 e. The minimum absolute atomic E-state index is 0.543. The summed E-state index contributed by atoms with van der Waals surface area (Å²) in [6, 6.07) is 2.68. The first-order valence-electron chi connectivity index (χ1n) is 4.45. The predicted octanol–water partition coefficient (Wildman–Crippen LogP) is -0.157. The standard InChI is InChI=1S/C6H20O2Si3/c1-3-5-11(6-4-2)8-10-7-9/h11H,3-6,10H2,1-2,9H3. The fraction of sp³-hybridized carbons (Fsp3) is 1.00. The van der Waals surface area contributed by atoms with Crippen molar-refractivity contribution < 1.29 is 8.23 Å². The van der Waals surface area contributed by atoms with Crippen LogP contribution in [0.1, 0.15) is 26.7 Å². The Labute approximate surface area is 77.0 Å². The maximum atomic E-state index is 5.76. The van der Waals surface area contributed by atoms with Gasteiger partial charge in [0.25, 0.3) is 10.0 Å². The molecule has 0 amide bonds. The lowest BCUT2D eigenvalue weighted by atomic mass is 10.6. The summed E-state index contributed by atoms with van der Waals surface area (Å²) >= 11 is 0. The lowest BCUT2D eigenvalue weighted by Gasteiger charge is -2.13. The van der Waals surface area contributed by atoms with Crippen molar-refractivity contribution in [2.24, 2.45) is 0 Å². The average Bonchev–Trinajstić information content (AvgIpc) is 2.01. The molecule has 5 heteroatoms. The molecule has 0 aromatic heterocycles. The Morgan fingerprint density at radius 3 is 2.18 bits per heavy atom. The van der Waals surface area contributed by atoms with Crippen LogP contribution < -0.4 is 0 Å². The van der Waals surface area contributed by atoms with Crippen LogP contribution in [0, 0.1) is 0 Å². The van der Waals surface area contributed by atoms with Crippen molar-refractivity contribution >= 4 is 29.5 Å². The first kappa shape index (κ1) is 11.6. The van der Waals surface area contributed by atoms with Crippen molar-refractivity contribution in [3.8, 4) is 0 Å². The SMILES string of the molecule is CCC[SiH](CCC)O[SiH2]O[SiH3]. The van der Waals surface area contributed by atoms with Crippen molar-refractivity contribution in [2.75, 3.05) is 0 Å². The van der Waals surface area contributed by atoms with Gasteiger partial charge in [0.2, 0.25) is 0 Å². The van der Waals surface area contributed by atoms with Crippen LogP contribution in [0.15, 0.2) is 0 Å². The van der Waals surface area contributed by atoms with E-state index in [1.165, 1.54) is 24.9 Å². The molecule has 0 saturated heterocycles. The molecule has 0 heterocycles. The van der Waals surface area contributed by atoms with E-state index in [0.717, 1.165) is 10.5 Å². The Balaban J connectivity index is 3.34. The van der Waals surface area contributed by atoms with E-state index in [-0.39, 0.29) is 0 Å². The number of hydrogen-bond acceptors (Lipinski definition) is 2. The fourth-order valence-electron chi connectivity index (χ4n) is 1.12. The Morgan fingerprint density at radius 2 is 1.82 bits per heavy atom. The molecule has 0 aromatic carbocycles. The second-order valence-corrected chi connectivity index (χ2v) is 9.05. The van der Waals surface area contributed by atoms with Crippen molar-refractivity contribution in [2.45, 2.75) is 38.8 Å². The van der Waals surface area contributed by atoms with Gasteiger partial charge in [0.1, 0.15) is 10.5 Å². The Kier molecular flexibility index (Phi) is 9.11. The van der Waals surface area contributed by atoms with E-state index in [2.05, 4.69) is 13.8 Å². The maximum absolute atomic E-state index is 5.76. The molecule has 68 valence electrons. The molecule has 0 spiro atoms. The molecule has 0 N–H and O–H groups in total. The van der Waals surface area contributed by atoms with Gasteiger partial charge in [-0.05, 0) is 12.1 Å². The summed E-state index contributed by atoms with van der Waals surface area (Å²) in [6.45, 7) is 4.48. The summed E-state index contributed by atoms with van der Waals surface area (Å²) in [5.41, 5.74) is 0. The summed E-state index contributed by atoms with van der Waals surface area (Å²) in [7, 11) is -0.474. The molecule has 0 aliphatic carbocycles. The van der Waals surface area contributed by atoms with E-state index in [9.17, 15) is 0 Å². The van der Waals surface area contributed by atoms with Crippen LogP contribution in [0.25, 0.3) is 0 Å². The van der Waals surface area contributed by atoms with Crippen LogP contribution in [0.5, 0.6) is 0 Å². The largest absolute Gasteiger partial charge is 0.449 e. The lowest BCUT2D eigenvalue weighted by molar-refractivity contribution is 0.484. The second kappa shape index (κ2) is 8.67. The summed E-state index contributed by atoms with van der Waals surface area (Å²) in [5.74, 6) is 0. The second-order valence-electron chi connectivity index (χ2n) is 2.77. The third-order valence-corrected chi connectivity index (χ3v) is 7.46. The molecule has 0 radical (unpaired) electrons. The Hall–Kier alpha value is 0.571. The molecule has 0 aliphatic rings. The van der Waals surface area contributed by atoms with Gasteiger partial charge in [-0.3, -0.25) is 0 Å². The molecule has 0 rings (SSSR count). The van der Waals surface area contributed by atoms with Crippen LogP contribution in [-0.4, -0.2) is 29.5 Å². The lowest BCUT2D eigenvalue weighted by Crippen LogP contribution is -2.20. The van der Waals surface area contributed by atoms with Gasteiger partial charge in [0, 0.05) is 0 Å². The normalized spacial score (nSPS) is 12.3. The zero-order chi connectivity index (χ0) is 8.53. The summed E-state index contributed by atoms with van der Waals surface area (Å²) in [6.07, 6.45) is 2.57. The van der Waals surface area contributed by atoms with Crippen LogP contribution >= 0.6 is 0 Å². The van der Waals surface area contributed by atoms with Gasteiger partial charge >= 0.3 is 0 Å². The molecule has 0 aromatic rings. The quantitative estimate of drug-likeness (QED) is 0.542. The van der Waals surface area contributed by atoms with Gasteiger partial charge in [-0.25, -0.2) is 0 Å². The predicted molar refractivity (Wildman–Crippen MR) is 58.0 cm³/mol. The molecular formula is C6H20O2Si3. The minimum atomic E-state index is -0.792. The van der Waals surface area contributed by atoms with E-state index in [4.69, 9.17) is 8.23 Å². The zero-order valence-corrected chi connectivity index (χ0v) is 12.5. The third-order valence-electron chi connectivity index (χ3n) is 1.64. The molecule has 2 nitrogen and oxygen atoms in total. The van der Waals surface area contributed by atoms with E-state index < -0.39 is 19.0 Å². The van der Waals surface area contributed by atoms with Crippen LogP contribution in [0.2, 0.25) is 12.1 Å². The summed E-state index contributed by atoms with van der Waals surface area (Å²) < 4.78 is 10.9. The van der Waals surface area contributed by atoms with Gasteiger partial charge in [-0.15, -0.1) is 0 Å². The summed E-state index contributed by atoms with van der Waals surface area (Å²) in [4.78, 5) is 0. The molecule has 0 fully saturated rings. The van der Waals surface area contributed by atoms with E-state index >= 15 is 0 Å². The highest BCUT2D eigenvalue weighted by atomic mass is 28.4. The van der Waals surface area contributed by atoms with Crippen molar-refractivity contribution in [1.29, 1.82) is 0 Å². The summed E-state index contributed by atoms with van der Waals surface area (Å²) in [5, 5.41) is 0. The number of rotatable bonds is 7. The molecule has 0 bridgehead atoms. The average molecular weight is 208 g/mol. The molecule has 11 heavy (non-hydrogen) atoms. The topological polar surface area (TPSA) is 18.5 Å². The fourth-order valence-corrected chi connectivity index (χ4v) is 6.57. The van der Waals surface area contributed by atoms with Gasteiger partial charge in [0.05, 0.1) is 0 Å². The van der Waals surface area contributed by atoms with E-state index in [1.54, 1.807) is 0 Å².